The fourth-order valence-electron chi connectivity index (χ4n) is 2.38. The first-order chi connectivity index (χ1) is 11.9. The highest BCUT2D eigenvalue weighted by atomic mass is 32.3. The molecule has 0 saturated heterocycles. The van der Waals surface area contributed by atoms with Crippen LogP contribution in [0.4, 0.5) is 15.4 Å². The van der Waals surface area contributed by atoms with E-state index >= 15 is 0 Å². The predicted molar refractivity (Wildman–Crippen MR) is 90.0 cm³/mol. The van der Waals surface area contributed by atoms with E-state index in [0.29, 0.717) is 33.7 Å². The molecule has 0 spiro atoms. The molecule has 0 aliphatic heterocycles. The Morgan fingerprint density at radius 3 is 2.52 bits per heavy atom. The molecule has 3 rings (SSSR count). The van der Waals surface area contributed by atoms with Crippen molar-refractivity contribution in [3.63, 3.8) is 0 Å². The van der Waals surface area contributed by atoms with Crippen molar-refractivity contribution >= 4 is 32.6 Å². The molecule has 9 heteroatoms. The van der Waals surface area contributed by atoms with E-state index in [-0.39, 0.29) is 6.61 Å². The zero-order valence-electron chi connectivity index (χ0n) is 13.1. The standard InChI is InChI=1S/C16H14FN3O4S/c1-24-15-7-13-14(6-10(15)8-21)18-9-19-16(13)20-11-2-4-12(5-3-11)25(17,22)23/h2-7,9,21H,8H2,1H3,(H,18,19,20). The number of fused-ring (bicyclic) bond motifs is 1. The number of aliphatic hydroxyl groups is 1. The van der Waals surface area contributed by atoms with Crippen molar-refractivity contribution in [2.75, 3.05) is 12.4 Å². The van der Waals surface area contributed by atoms with Crippen LogP contribution in [-0.4, -0.2) is 30.6 Å². The number of methoxy groups -OCH3 is 1. The molecule has 0 unspecified atom stereocenters. The number of rotatable bonds is 5. The quantitative estimate of drug-likeness (QED) is 0.672. The van der Waals surface area contributed by atoms with Gasteiger partial charge in [-0.05, 0) is 36.4 Å². The number of hydrogen-bond donors (Lipinski definition) is 2. The Morgan fingerprint density at radius 1 is 1.20 bits per heavy atom. The summed E-state index contributed by atoms with van der Waals surface area (Å²) in [6.45, 7) is -0.189. The van der Waals surface area contributed by atoms with Crippen molar-refractivity contribution in [2.45, 2.75) is 11.5 Å². The van der Waals surface area contributed by atoms with Crippen molar-refractivity contribution in [3.8, 4) is 5.75 Å². The molecular weight excluding hydrogens is 349 g/mol. The van der Waals surface area contributed by atoms with Crippen molar-refractivity contribution in [1.29, 1.82) is 0 Å². The fourth-order valence-corrected chi connectivity index (χ4v) is 2.84. The van der Waals surface area contributed by atoms with E-state index in [9.17, 15) is 17.4 Å². The highest BCUT2D eigenvalue weighted by Gasteiger charge is 2.13. The number of aromatic nitrogens is 2. The minimum atomic E-state index is -4.74. The van der Waals surface area contributed by atoms with Gasteiger partial charge >= 0.3 is 10.2 Å². The monoisotopic (exact) mass is 363 g/mol. The summed E-state index contributed by atoms with van der Waals surface area (Å²) in [6.07, 6.45) is 1.36. The average Bonchev–Trinajstić information content (AvgIpc) is 2.60. The van der Waals surface area contributed by atoms with Gasteiger partial charge in [-0.2, -0.15) is 8.42 Å². The zero-order valence-corrected chi connectivity index (χ0v) is 13.9. The second-order valence-corrected chi connectivity index (χ2v) is 6.50. The fraction of sp³-hybridized carbons (Fsp3) is 0.125. The van der Waals surface area contributed by atoms with Crippen LogP contribution in [0.25, 0.3) is 10.9 Å². The van der Waals surface area contributed by atoms with Gasteiger partial charge in [0, 0.05) is 16.6 Å². The van der Waals surface area contributed by atoms with E-state index < -0.39 is 15.1 Å². The molecule has 3 aromatic rings. The Morgan fingerprint density at radius 2 is 1.92 bits per heavy atom. The maximum Gasteiger partial charge on any atom is 0.332 e. The second-order valence-electron chi connectivity index (χ2n) is 5.15. The molecule has 0 aliphatic carbocycles. The predicted octanol–water partition coefficient (Wildman–Crippen LogP) is 2.53. The molecule has 0 atom stereocenters. The molecular formula is C16H14FN3O4S. The van der Waals surface area contributed by atoms with Crippen LogP contribution < -0.4 is 10.1 Å². The Hall–Kier alpha value is -2.78. The number of anilines is 2. The number of benzene rings is 2. The lowest BCUT2D eigenvalue weighted by Crippen LogP contribution is -1.99. The molecule has 0 amide bonds. The minimum absolute atomic E-state index is 0.189. The third-order valence-corrected chi connectivity index (χ3v) is 4.44. The smallest absolute Gasteiger partial charge is 0.332 e. The Bertz CT molecular complexity index is 1020. The highest BCUT2D eigenvalue weighted by molar-refractivity contribution is 7.86. The number of hydrogen-bond acceptors (Lipinski definition) is 7. The van der Waals surface area contributed by atoms with Crippen molar-refractivity contribution in [2.24, 2.45) is 0 Å². The summed E-state index contributed by atoms with van der Waals surface area (Å²) in [5.74, 6) is 0.954. The zero-order chi connectivity index (χ0) is 18.0. The summed E-state index contributed by atoms with van der Waals surface area (Å²) in [7, 11) is -3.24. The maximum atomic E-state index is 12.9. The number of nitrogens with one attached hydrogen (secondary N) is 1. The number of ether oxygens (including phenoxy) is 1. The van der Waals surface area contributed by atoms with Crippen molar-refractivity contribution in [3.05, 3.63) is 48.3 Å². The topological polar surface area (TPSA) is 101 Å². The van der Waals surface area contributed by atoms with Crippen molar-refractivity contribution < 1.29 is 22.1 Å². The molecule has 2 aromatic carbocycles. The second kappa shape index (κ2) is 6.61. The summed E-state index contributed by atoms with van der Waals surface area (Å²) in [6, 6.07) is 8.57. The molecule has 0 saturated carbocycles. The molecule has 7 nitrogen and oxygen atoms in total. The summed E-state index contributed by atoms with van der Waals surface area (Å²) in [5, 5.41) is 13.1. The highest BCUT2D eigenvalue weighted by Crippen LogP contribution is 2.30. The van der Waals surface area contributed by atoms with Crippen molar-refractivity contribution in [1.82, 2.24) is 9.97 Å². The molecule has 0 fully saturated rings. The van der Waals surface area contributed by atoms with Gasteiger partial charge in [-0.25, -0.2) is 9.97 Å². The van der Waals surface area contributed by atoms with Crippen LogP contribution in [0, 0.1) is 0 Å². The van der Waals surface area contributed by atoms with Crippen LogP contribution in [0.3, 0.4) is 0 Å². The largest absolute Gasteiger partial charge is 0.496 e. The van der Waals surface area contributed by atoms with E-state index in [1.54, 1.807) is 12.1 Å². The molecule has 0 radical (unpaired) electrons. The van der Waals surface area contributed by atoms with Crippen LogP contribution in [0.15, 0.2) is 47.6 Å². The van der Waals surface area contributed by atoms with Gasteiger partial charge in [-0.15, -0.1) is 3.89 Å². The third kappa shape index (κ3) is 3.52. The Kier molecular flexibility index (Phi) is 4.51. The first-order valence-corrected chi connectivity index (χ1v) is 8.55. The lowest BCUT2D eigenvalue weighted by atomic mass is 10.1. The van der Waals surface area contributed by atoms with E-state index in [1.165, 1.54) is 25.6 Å². The van der Waals surface area contributed by atoms with E-state index in [2.05, 4.69) is 15.3 Å². The van der Waals surface area contributed by atoms with E-state index in [0.717, 1.165) is 12.1 Å². The van der Waals surface area contributed by atoms with Gasteiger partial charge in [0.25, 0.3) is 0 Å². The molecule has 0 aliphatic rings. The van der Waals surface area contributed by atoms with Crippen LogP contribution >= 0.6 is 0 Å². The number of nitrogens with zero attached hydrogens (tertiary/aromatic N) is 2. The lowest BCUT2D eigenvalue weighted by Gasteiger charge is -2.12. The van der Waals surface area contributed by atoms with Gasteiger partial charge in [0.05, 0.1) is 24.1 Å². The van der Waals surface area contributed by atoms with Gasteiger partial charge in [0.15, 0.2) is 0 Å². The molecule has 0 bridgehead atoms. The maximum absolute atomic E-state index is 12.9. The molecule has 2 N–H and O–H groups in total. The van der Waals surface area contributed by atoms with Gasteiger partial charge in [0.2, 0.25) is 0 Å². The number of halogens is 1. The lowest BCUT2D eigenvalue weighted by molar-refractivity contribution is 0.274. The average molecular weight is 363 g/mol. The Balaban J connectivity index is 2.01. The van der Waals surface area contributed by atoms with Gasteiger partial charge in [-0.1, -0.05) is 0 Å². The summed E-state index contributed by atoms with van der Waals surface area (Å²) >= 11 is 0. The van der Waals surface area contributed by atoms with E-state index in [1.807, 2.05) is 0 Å². The van der Waals surface area contributed by atoms with Gasteiger partial charge in [-0.3, -0.25) is 0 Å². The summed E-state index contributed by atoms with van der Waals surface area (Å²) < 4.78 is 39.9. The first kappa shape index (κ1) is 17.1. The summed E-state index contributed by atoms with van der Waals surface area (Å²) in [5.41, 5.74) is 1.72. The molecule has 130 valence electrons. The van der Waals surface area contributed by atoms with Crippen LogP contribution in [-0.2, 0) is 16.8 Å². The van der Waals surface area contributed by atoms with E-state index in [4.69, 9.17) is 4.74 Å². The Labute approximate surface area is 143 Å². The normalized spacial score (nSPS) is 11.5. The van der Waals surface area contributed by atoms with Gasteiger partial charge < -0.3 is 15.2 Å². The SMILES string of the molecule is COc1cc2c(Nc3ccc(S(=O)(=O)F)cc3)ncnc2cc1CO. The molecule has 1 heterocycles. The first-order valence-electron chi connectivity index (χ1n) is 7.16. The van der Waals surface area contributed by atoms with Crippen LogP contribution in [0.2, 0.25) is 0 Å². The summed E-state index contributed by atoms with van der Waals surface area (Å²) in [4.78, 5) is 7.92. The van der Waals surface area contributed by atoms with Crippen LogP contribution in [0.5, 0.6) is 5.75 Å². The van der Waals surface area contributed by atoms with Crippen LogP contribution in [0.1, 0.15) is 5.56 Å². The molecule has 1 aromatic heterocycles. The minimum Gasteiger partial charge on any atom is -0.496 e. The van der Waals surface area contributed by atoms with Gasteiger partial charge in [0.1, 0.15) is 17.9 Å². The third-order valence-electron chi connectivity index (χ3n) is 3.61. The number of aliphatic hydroxyl groups excluding tert-OH is 1. The molecule has 25 heavy (non-hydrogen) atoms.